The number of amides is 1. The van der Waals surface area contributed by atoms with Gasteiger partial charge >= 0.3 is 0 Å². The molecule has 8 heteroatoms. The molecule has 0 spiro atoms. The molecule has 2 aromatic heterocycles. The van der Waals surface area contributed by atoms with Gasteiger partial charge in [-0.3, -0.25) is 4.79 Å². The Balaban J connectivity index is 1.74. The summed E-state index contributed by atoms with van der Waals surface area (Å²) in [5.41, 5.74) is 4.03. The van der Waals surface area contributed by atoms with Gasteiger partial charge in [-0.15, -0.1) is 0 Å². The molecule has 0 fully saturated rings. The van der Waals surface area contributed by atoms with Crippen LogP contribution >= 0.6 is 0 Å². The molecule has 0 aliphatic carbocycles. The molecule has 1 aliphatic heterocycles. The van der Waals surface area contributed by atoms with Crippen LogP contribution in [0.25, 0.3) is 0 Å². The van der Waals surface area contributed by atoms with E-state index in [1.807, 2.05) is 62.6 Å². The Morgan fingerprint density at radius 1 is 1.23 bits per heavy atom. The summed E-state index contributed by atoms with van der Waals surface area (Å²) in [5, 5.41) is 17.8. The highest BCUT2D eigenvalue weighted by Crippen LogP contribution is 2.34. The zero-order valence-electron chi connectivity index (χ0n) is 14.4. The Kier molecular flexibility index (Phi) is 3.92. The molecule has 3 N–H and O–H groups in total. The van der Waals surface area contributed by atoms with Gasteiger partial charge in [-0.1, -0.05) is 22.8 Å². The third-order valence-electron chi connectivity index (χ3n) is 4.32. The molecule has 3 heterocycles. The maximum atomic E-state index is 13.1. The van der Waals surface area contributed by atoms with E-state index in [2.05, 4.69) is 31.1 Å². The fourth-order valence-electron chi connectivity index (χ4n) is 3.03. The molecule has 4 rings (SSSR count). The van der Waals surface area contributed by atoms with E-state index in [0.717, 1.165) is 16.8 Å². The number of carbonyl (C=O) groups is 1. The molecular weight excluding hydrogens is 330 g/mol. The average molecular weight is 348 g/mol. The molecule has 1 aliphatic rings. The molecule has 0 radical (unpaired) electrons. The second-order valence-electron chi connectivity index (χ2n) is 6.17. The smallest absolute Gasteiger partial charge is 0.255 e. The van der Waals surface area contributed by atoms with Gasteiger partial charge in [0.1, 0.15) is 6.04 Å². The largest absolute Gasteiger partial charge is 0.326 e. The van der Waals surface area contributed by atoms with Crippen LogP contribution < -0.4 is 15.6 Å². The lowest BCUT2D eigenvalue weighted by Gasteiger charge is -2.27. The average Bonchev–Trinajstić information content (AvgIpc) is 3.11. The summed E-state index contributed by atoms with van der Waals surface area (Å²) in [6.07, 6.45) is 3.65. The number of nitrogens with zero attached hydrogens (tertiary/aromatic N) is 4. The van der Waals surface area contributed by atoms with Crippen molar-refractivity contribution >= 4 is 17.5 Å². The third-order valence-corrected chi connectivity index (χ3v) is 4.32. The summed E-state index contributed by atoms with van der Waals surface area (Å²) in [6, 6.07) is 11.1. The first-order chi connectivity index (χ1) is 12.6. The Hall–Kier alpha value is -3.55. The lowest BCUT2D eigenvalue weighted by molar-refractivity contribution is -0.378. The lowest BCUT2D eigenvalue weighted by Crippen LogP contribution is -2.32. The van der Waals surface area contributed by atoms with Crippen molar-refractivity contribution in [2.45, 2.75) is 19.9 Å². The molecule has 130 valence electrons. The van der Waals surface area contributed by atoms with Crippen LogP contribution in [0.4, 0.5) is 11.6 Å². The maximum Gasteiger partial charge on any atom is 0.255 e. The predicted molar refractivity (Wildman–Crippen MR) is 95.1 cm³/mol. The van der Waals surface area contributed by atoms with Gasteiger partial charge in [0.05, 0.1) is 5.57 Å². The van der Waals surface area contributed by atoms with E-state index in [9.17, 15) is 4.79 Å². The van der Waals surface area contributed by atoms with Crippen molar-refractivity contribution in [3.63, 3.8) is 0 Å². The van der Waals surface area contributed by atoms with Gasteiger partial charge in [-0.05, 0) is 42.5 Å². The van der Waals surface area contributed by atoms with Gasteiger partial charge in [-0.2, -0.15) is 4.68 Å². The fraction of sp³-hybridized carbons (Fsp3) is 0.167. The lowest BCUT2D eigenvalue weighted by atomic mass is 9.96. The standard InChI is InChI=1S/C18H17N7O/c1-11-5-7-14(8-6-11)21-17(26)15-12(2)20-18-22-23-24-25(18)16(15)13-4-3-9-19-10-13/h3-10,16H,1-2H3,(H,21,26)(H,20,22,24)/p+1. The third kappa shape index (κ3) is 2.81. The minimum atomic E-state index is -0.427. The van der Waals surface area contributed by atoms with Gasteiger partial charge in [-0.25, -0.2) is 4.98 Å². The van der Waals surface area contributed by atoms with Gasteiger partial charge in [0.25, 0.3) is 5.91 Å². The quantitative estimate of drug-likeness (QED) is 0.751. The van der Waals surface area contributed by atoms with E-state index >= 15 is 0 Å². The number of allylic oxidation sites excluding steroid dienone is 1. The molecule has 0 saturated heterocycles. The molecule has 1 unspecified atom stereocenters. The SMILES string of the molecule is CC1=C(C(=O)Nc2ccc(C)cc2)C(c2ccc[nH+]c2)n2nnnc2N1. The minimum absolute atomic E-state index is 0.200. The molecule has 1 aromatic carbocycles. The first-order valence-electron chi connectivity index (χ1n) is 8.23. The molecular formula is C18H18N7O+. The molecule has 0 saturated carbocycles. The van der Waals surface area contributed by atoms with E-state index in [1.54, 1.807) is 4.68 Å². The number of rotatable bonds is 3. The van der Waals surface area contributed by atoms with Crippen LogP contribution in [0.5, 0.6) is 0 Å². The number of anilines is 2. The summed E-state index contributed by atoms with van der Waals surface area (Å²) in [7, 11) is 0. The van der Waals surface area contributed by atoms with E-state index < -0.39 is 6.04 Å². The van der Waals surface area contributed by atoms with Crippen molar-refractivity contribution in [3.05, 3.63) is 71.2 Å². The Labute approximate surface area is 150 Å². The number of carbonyl (C=O) groups excluding carboxylic acids is 1. The summed E-state index contributed by atoms with van der Waals surface area (Å²) in [6.45, 7) is 3.85. The van der Waals surface area contributed by atoms with Crippen LogP contribution in [-0.4, -0.2) is 26.1 Å². The van der Waals surface area contributed by atoms with Gasteiger partial charge in [0, 0.05) is 23.0 Å². The number of benzene rings is 1. The summed E-state index contributed by atoms with van der Waals surface area (Å²) < 4.78 is 1.61. The number of aromatic amines is 1. The monoisotopic (exact) mass is 348 g/mol. The molecule has 3 aromatic rings. The number of nitrogens with one attached hydrogen (secondary N) is 3. The maximum absolute atomic E-state index is 13.1. The van der Waals surface area contributed by atoms with E-state index in [4.69, 9.17) is 0 Å². The predicted octanol–water partition coefficient (Wildman–Crippen LogP) is 1.72. The van der Waals surface area contributed by atoms with Crippen molar-refractivity contribution in [1.29, 1.82) is 0 Å². The zero-order valence-corrected chi connectivity index (χ0v) is 14.4. The van der Waals surface area contributed by atoms with Crippen LogP contribution in [0.15, 0.2) is 60.1 Å². The fourth-order valence-corrected chi connectivity index (χ4v) is 3.03. The van der Waals surface area contributed by atoms with E-state index in [1.165, 1.54) is 0 Å². The van der Waals surface area contributed by atoms with Crippen LogP contribution in [0.3, 0.4) is 0 Å². The van der Waals surface area contributed by atoms with Crippen molar-refractivity contribution in [2.75, 3.05) is 10.6 Å². The van der Waals surface area contributed by atoms with Gasteiger partial charge < -0.3 is 10.6 Å². The highest BCUT2D eigenvalue weighted by molar-refractivity contribution is 6.05. The van der Waals surface area contributed by atoms with Crippen LogP contribution in [0.1, 0.15) is 24.1 Å². The number of fused-ring (bicyclic) bond motifs is 1. The second kappa shape index (κ2) is 6.40. The first kappa shape index (κ1) is 15.9. The Morgan fingerprint density at radius 3 is 2.77 bits per heavy atom. The van der Waals surface area contributed by atoms with Crippen molar-refractivity contribution in [3.8, 4) is 0 Å². The molecule has 1 atom stereocenters. The van der Waals surface area contributed by atoms with Crippen molar-refractivity contribution < 1.29 is 9.78 Å². The zero-order chi connectivity index (χ0) is 18.1. The first-order valence-corrected chi connectivity index (χ1v) is 8.23. The second-order valence-corrected chi connectivity index (χ2v) is 6.17. The Bertz CT molecular complexity index is 976. The molecule has 26 heavy (non-hydrogen) atoms. The summed E-state index contributed by atoms with van der Waals surface area (Å²) in [4.78, 5) is 16.1. The molecule has 1 amide bonds. The minimum Gasteiger partial charge on any atom is -0.326 e. The van der Waals surface area contributed by atoms with Crippen LogP contribution in [0, 0.1) is 6.92 Å². The number of H-pyrrole nitrogens is 1. The van der Waals surface area contributed by atoms with Crippen molar-refractivity contribution in [1.82, 2.24) is 20.2 Å². The number of aryl methyl sites for hydroxylation is 1. The van der Waals surface area contributed by atoms with E-state index in [0.29, 0.717) is 17.2 Å². The number of tetrazole rings is 1. The number of aromatic nitrogens is 5. The van der Waals surface area contributed by atoms with Gasteiger partial charge in [0.2, 0.25) is 5.95 Å². The van der Waals surface area contributed by atoms with Crippen molar-refractivity contribution in [2.24, 2.45) is 0 Å². The summed E-state index contributed by atoms with van der Waals surface area (Å²) >= 11 is 0. The number of hydrogen-bond acceptors (Lipinski definition) is 5. The topological polar surface area (TPSA) is 98.9 Å². The molecule has 8 nitrogen and oxygen atoms in total. The Morgan fingerprint density at radius 2 is 2.04 bits per heavy atom. The molecule has 0 bridgehead atoms. The van der Waals surface area contributed by atoms with Crippen LogP contribution in [0.2, 0.25) is 0 Å². The van der Waals surface area contributed by atoms with Gasteiger partial charge in [0.15, 0.2) is 12.4 Å². The normalized spacial score (nSPS) is 16.0. The number of pyridine rings is 1. The van der Waals surface area contributed by atoms with Crippen LogP contribution in [-0.2, 0) is 4.79 Å². The number of hydrogen-bond donors (Lipinski definition) is 2. The van der Waals surface area contributed by atoms with E-state index in [-0.39, 0.29) is 5.91 Å². The highest BCUT2D eigenvalue weighted by Gasteiger charge is 2.34. The summed E-state index contributed by atoms with van der Waals surface area (Å²) in [5.74, 6) is 0.303. The highest BCUT2D eigenvalue weighted by atomic mass is 16.1.